The molecule has 1 saturated heterocycles. The number of carbonyl (C=O) groups excluding carboxylic acids is 1. The molecule has 0 unspecified atom stereocenters. The van der Waals surface area contributed by atoms with Crippen LogP contribution in [0.25, 0.3) is 0 Å². The molecule has 4 nitrogen and oxygen atoms in total. The van der Waals surface area contributed by atoms with Gasteiger partial charge in [-0.05, 0) is 31.0 Å². The molecule has 1 fully saturated rings. The summed E-state index contributed by atoms with van der Waals surface area (Å²) in [6.07, 6.45) is 3.82. The molecule has 0 saturated carbocycles. The van der Waals surface area contributed by atoms with E-state index in [1.807, 2.05) is 12.1 Å². The molecule has 4 heteroatoms. The second-order valence-electron chi connectivity index (χ2n) is 5.03. The predicted octanol–water partition coefficient (Wildman–Crippen LogP) is 1.94. The first kappa shape index (κ1) is 14.3. The Balaban J connectivity index is 1.89. The van der Waals surface area contributed by atoms with Gasteiger partial charge in [0.05, 0.1) is 11.6 Å². The maximum Gasteiger partial charge on any atom is 0.251 e. The smallest absolute Gasteiger partial charge is 0.251 e. The Labute approximate surface area is 119 Å². The maximum atomic E-state index is 12.1. The largest absolute Gasteiger partial charge is 0.349 e. The van der Waals surface area contributed by atoms with Crippen molar-refractivity contribution < 1.29 is 4.79 Å². The van der Waals surface area contributed by atoms with Crippen molar-refractivity contribution in [1.82, 2.24) is 10.2 Å². The van der Waals surface area contributed by atoms with Crippen LogP contribution < -0.4 is 5.32 Å². The Morgan fingerprint density at radius 3 is 2.90 bits per heavy atom. The average Bonchev–Trinajstić information content (AvgIpc) is 2.49. The summed E-state index contributed by atoms with van der Waals surface area (Å²) in [4.78, 5) is 14.5. The zero-order chi connectivity index (χ0) is 14.4. The molecule has 0 spiro atoms. The summed E-state index contributed by atoms with van der Waals surface area (Å²) >= 11 is 0. The zero-order valence-corrected chi connectivity index (χ0v) is 11.5. The molecule has 20 heavy (non-hydrogen) atoms. The lowest BCUT2D eigenvalue weighted by atomic mass is 10.0. The minimum Gasteiger partial charge on any atom is -0.349 e. The SMILES string of the molecule is C=CCN1CCC(NC(=O)c2cccc(C#N)c2)CC1. The van der Waals surface area contributed by atoms with E-state index < -0.39 is 0 Å². The molecule has 1 heterocycles. The number of hydrogen-bond donors (Lipinski definition) is 1. The van der Waals surface area contributed by atoms with Crippen molar-refractivity contribution in [2.24, 2.45) is 0 Å². The second kappa shape index (κ2) is 6.88. The fourth-order valence-corrected chi connectivity index (χ4v) is 2.44. The summed E-state index contributed by atoms with van der Waals surface area (Å²) in [7, 11) is 0. The minimum atomic E-state index is -0.0933. The van der Waals surface area contributed by atoms with Crippen LogP contribution in [-0.2, 0) is 0 Å². The lowest BCUT2D eigenvalue weighted by Crippen LogP contribution is -2.44. The van der Waals surface area contributed by atoms with Crippen molar-refractivity contribution in [3.63, 3.8) is 0 Å². The molecule has 1 aliphatic heterocycles. The Morgan fingerprint density at radius 2 is 2.25 bits per heavy atom. The molecule has 2 rings (SSSR count). The minimum absolute atomic E-state index is 0.0933. The highest BCUT2D eigenvalue weighted by atomic mass is 16.1. The van der Waals surface area contributed by atoms with E-state index in [0.29, 0.717) is 11.1 Å². The number of nitrogens with zero attached hydrogens (tertiary/aromatic N) is 2. The van der Waals surface area contributed by atoms with E-state index in [0.717, 1.165) is 32.5 Å². The highest BCUT2D eigenvalue weighted by molar-refractivity contribution is 5.94. The lowest BCUT2D eigenvalue weighted by molar-refractivity contribution is 0.0914. The average molecular weight is 269 g/mol. The van der Waals surface area contributed by atoms with Crippen LogP contribution in [0.5, 0.6) is 0 Å². The number of piperidine rings is 1. The highest BCUT2D eigenvalue weighted by Gasteiger charge is 2.20. The van der Waals surface area contributed by atoms with Crippen LogP contribution in [0.15, 0.2) is 36.9 Å². The molecular weight excluding hydrogens is 250 g/mol. The fourth-order valence-electron chi connectivity index (χ4n) is 2.44. The number of nitriles is 1. The van der Waals surface area contributed by atoms with Gasteiger partial charge in [0.15, 0.2) is 0 Å². The number of amides is 1. The molecule has 0 bridgehead atoms. The van der Waals surface area contributed by atoms with Crippen LogP contribution in [0.2, 0.25) is 0 Å². The molecule has 1 N–H and O–H groups in total. The van der Waals surface area contributed by atoms with E-state index in [-0.39, 0.29) is 11.9 Å². The third-order valence-corrected chi connectivity index (χ3v) is 3.56. The Kier molecular flexibility index (Phi) is 4.91. The molecule has 1 aliphatic rings. The molecule has 104 valence electrons. The molecule has 1 aromatic rings. The van der Waals surface area contributed by atoms with Crippen molar-refractivity contribution in [3.05, 3.63) is 48.0 Å². The first-order valence-electron chi connectivity index (χ1n) is 6.87. The third-order valence-electron chi connectivity index (χ3n) is 3.56. The van der Waals surface area contributed by atoms with Crippen molar-refractivity contribution in [2.75, 3.05) is 19.6 Å². The van der Waals surface area contributed by atoms with E-state index in [4.69, 9.17) is 5.26 Å². The van der Waals surface area contributed by atoms with Gasteiger partial charge in [-0.1, -0.05) is 12.1 Å². The van der Waals surface area contributed by atoms with Crippen molar-refractivity contribution in [1.29, 1.82) is 5.26 Å². The quantitative estimate of drug-likeness (QED) is 0.850. The second-order valence-corrected chi connectivity index (χ2v) is 5.03. The Morgan fingerprint density at radius 1 is 1.50 bits per heavy atom. The van der Waals surface area contributed by atoms with Gasteiger partial charge >= 0.3 is 0 Å². The normalized spacial score (nSPS) is 16.4. The first-order chi connectivity index (χ1) is 9.72. The van der Waals surface area contributed by atoms with Crippen molar-refractivity contribution >= 4 is 5.91 Å². The Bertz CT molecular complexity index is 525. The zero-order valence-electron chi connectivity index (χ0n) is 11.5. The summed E-state index contributed by atoms with van der Waals surface area (Å²) in [6, 6.07) is 9.07. The summed E-state index contributed by atoms with van der Waals surface area (Å²) in [5.41, 5.74) is 1.07. The van der Waals surface area contributed by atoms with Gasteiger partial charge in [0.25, 0.3) is 5.91 Å². The van der Waals surface area contributed by atoms with E-state index >= 15 is 0 Å². The van der Waals surface area contributed by atoms with Crippen LogP contribution in [-0.4, -0.2) is 36.5 Å². The van der Waals surface area contributed by atoms with Crippen LogP contribution in [0.4, 0.5) is 0 Å². The lowest BCUT2D eigenvalue weighted by Gasteiger charge is -2.31. The van der Waals surface area contributed by atoms with E-state index in [9.17, 15) is 4.79 Å². The van der Waals surface area contributed by atoms with Crippen LogP contribution in [0.3, 0.4) is 0 Å². The van der Waals surface area contributed by atoms with Gasteiger partial charge in [-0.15, -0.1) is 6.58 Å². The molecule has 0 aromatic heterocycles. The van der Waals surface area contributed by atoms with Crippen molar-refractivity contribution in [3.8, 4) is 6.07 Å². The number of carbonyl (C=O) groups is 1. The van der Waals surface area contributed by atoms with Crippen molar-refractivity contribution in [2.45, 2.75) is 18.9 Å². The summed E-state index contributed by atoms with van der Waals surface area (Å²) in [5, 5.41) is 11.9. The third kappa shape index (κ3) is 3.69. The van der Waals surface area contributed by atoms with E-state index in [1.165, 1.54) is 0 Å². The van der Waals surface area contributed by atoms with Gasteiger partial charge in [0, 0.05) is 31.2 Å². The molecule has 1 amide bonds. The molecule has 0 radical (unpaired) electrons. The molecule has 0 atom stereocenters. The van der Waals surface area contributed by atoms with Crippen LogP contribution >= 0.6 is 0 Å². The van der Waals surface area contributed by atoms with E-state index in [1.54, 1.807) is 24.3 Å². The number of hydrogen-bond acceptors (Lipinski definition) is 3. The van der Waals surface area contributed by atoms with Crippen LogP contribution in [0, 0.1) is 11.3 Å². The molecule has 1 aromatic carbocycles. The monoisotopic (exact) mass is 269 g/mol. The number of likely N-dealkylation sites (tertiary alicyclic amines) is 1. The maximum absolute atomic E-state index is 12.1. The summed E-state index contributed by atoms with van der Waals surface area (Å²) in [5.74, 6) is -0.0933. The summed E-state index contributed by atoms with van der Waals surface area (Å²) < 4.78 is 0. The fraction of sp³-hybridized carbons (Fsp3) is 0.375. The first-order valence-corrected chi connectivity index (χ1v) is 6.87. The molecular formula is C16H19N3O. The van der Waals surface area contributed by atoms with Crippen LogP contribution in [0.1, 0.15) is 28.8 Å². The van der Waals surface area contributed by atoms with Gasteiger partial charge in [-0.25, -0.2) is 0 Å². The van der Waals surface area contributed by atoms with Gasteiger partial charge in [-0.2, -0.15) is 5.26 Å². The highest BCUT2D eigenvalue weighted by Crippen LogP contribution is 2.11. The van der Waals surface area contributed by atoms with Gasteiger partial charge < -0.3 is 5.32 Å². The molecule has 0 aliphatic carbocycles. The Hall–Kier alpha value is -2.12. The topological polar surface area (TPSA) is 56.1 Å². The number of nitrogens with one attached hydrogen (secondary N) is 1. The van der Waals surface area contributed by atoms with E-state index in [2.05, 4.69) is 16.8 Å². The number of rotatable bonds is 4. The standard InChI is InChI=1S/C16H19N3O/c1-2-8-19-9-6-15(7-10-19)18-16(20)14-5-3-4-13(11-14)12-17/h2-5,11,15H,1,6-10H2,(H,18,20). The number of benzene rings is 1. The van der Waals surface area contributed by atoms with Gasteiger partial charge in [0.2, 0.25) is 0 Å². The summed E-state index contributed by atoms with van der Waals surface area (Å²) in [6.45, 7) is 6.61. The van der Waals surface area contributed by atoms with Gasteiger partial charge in [0.1, 0.15) is 0 Å². The van der Waals surface area contributed by atoms with Gasteiger partial charge in [-0.3, -0.25) is 9.69 Å². The predicted molar refractivity (Wildman–Crippen MR) is 78.3 cm³/mol.